The summed E-state index contributed by atoms with van der Waals surface area (Å²) in [5.41, 5.74) is 4.91. The number of imide groups is 1. The minimum Gasteiger partial charge on any atom is -0.392 e. The zero-order valence-corrected chi connectivity index (χ0v) is 25.6. The first-order valence-electron chi connectivity index (χ1n) is 15.7. The molecule has 2 amide bonds. The second-order valence-corrected chi connectivity index (χ2v) is 12.0. The number of anilines is 2. The van der Waals surface area contributed by atoms with Crippen molar-refractivity contribution in [3.8, 4) is 0 Å². The minimum absolute atomic E-state index is 0.0362. The normalized spacial score (nSPS) is 21.6. The fourth-order valence-corrected chi connectivity index (χ4v) is 6.50. The lowest BCUT2D eigenvalue weighted by Gasteiger charge is -2.41. The van der Waals surface area contributed by atoms with Crippen molar-refractivity contribution in [2.45, 2.75) is 31.5 Å². The van der Waals surface area contributed by atoms with Crippen LogP contribution in [0.25, 0.3) is 0 Å². The molecule has 11 nitrogen and oxygen atoms in total. The van der Waals surface area contributed by atoms with E-state index in [0.29, 0.717) is 29.8 Å². The van der Waals surface area contributed by atoms with Crippen LogP contribution in [-0.2, 0) is 16.1 Å². The zero-order valence-electron chi connectivity index (χ0n) is 25.6. The molecule has 11 heteroatoms. The summed E-state index contributed by atoms with van der Waals surface area (Å²) in [4.78, 5) is 42.5. The Morgan fingerprint density at radius 3 is 1.94 bits per heavy atom. The first-order chi connectivity index (χ1) is 22.9. The lowest BCUT2D eigenvalue weighted by Crippen LogP contribution is -2.49. The predicted molar refractivity (Wildman–Crippen MR) is 174 cm³/mol. The van der Waals surface area contributed by atoms with Crippen molar-refractivity contribution in [2.24, 2.45) is 0 Å². The Morgan fingerprint density at radius 1 is 0.745 bits per heavy atom. The van der Waals surface area contributed by atoms with Crippen LogP contribution in [0.1, 0.15) is 56.2 Å². The number of rotatable bonds is 8. The number of nitro benzene ring substituents is 1. The Hall–Kier alpha value is -4.94. The van der Waals surface area contributed by atoms with Gasteiger partial charge >= 0.3 is 0 Å². The Balaban J connectivity index is 1.06. The summed E-state index contributed by atoms with van der Waals surface area (Å²) in [6.45, 7) is 3.86. The van der Waals surface area contributed by atoms with Crippen molar-refractivity contribution in [1.82, 2.24) is 4.90 Å². The minimum atomic E-state index is -0.672. The number of carbonyl (C=O) groups is 2. The topological polar surface area (TPSA) is 126 Å². The molecule has 0 unspecified atom stereocenters. The summed E-state index contributed by atoms with van der Waals surface area (Å²) in [5, 5.41) is 20.6. The molecule has 4 aromatic rings. The van der Waals surface area contributed by atoms with Crippen LogP contribution in [0.2, 0.25) is 0 Å². The highest BCUT2D eigenvalue weighted by Gasteiger charge is 2.37. The van der Waals surface area contributed by atoms with E-state index in [1.165, 1.54) is 17.0 Å². The van der Waals surface area contributed by atoms with Crippen molar-refractivity contribution >= 4 is 28.9 Å². The second kappa shape index (κ2) is 13.0. The summed E-state index contributed by atoms with van der Waals surface area (Å²) in [6, 6.07) is 28.4. The molecule has 2 saturated heterocycles. The van der Waals surface area contributed by atoms with E-state index in [4.69, 9.17) is 9.47 Å². The molecule has 0 radical (unpaired) electrons. The number of benzene rings is 4. The van der Waals surface area contributed by atoms with E-state index < -0.39 is 6.29 Å². The van der Waals surface area contributed by atoms with Gasteiger partial charge in [-0.25, -0.2) is 4.90 Å². The summed E-state index contributed by atoms with van der Waals surface area (Å²) < 4.78 is 13.1. The van der Waals surface area contributed by atoms with Crippen LogP contribution < -0.4 is 9.80 Å². The fourth-order valence-electron chi connectivity index (χ4n) is 6.50. The average molecular weight is 635 g/mol. The SMILES string of the molecule is O=C1c2ccccc2C(=O)N1c1ccc([C@H]2O[C@@H](CN3CCN(c4ccc([N+](=O)[O-])cc4)CC3)C[C@@H](c3ccc(CO)cc3)O2)cc1. The molecule has 0 bridgehead atoms. The van der Waals surface area contributed by atoms with E-state index in [1.807, 2.05) is 36.4 Å². The van der Waals surface area contributed by atoms with Crippen molar-refractivity contribution in [3.05, 3.63) is 135 Å². The first kappa shape index (κ1) is 30.7. The summed E-state index contributed by atoms with van der Waals surface area (Å²) >= 11 is 0. The summed E-state index contributed by atoms with van der Waals surface area (Å²) in [5.74, 6) is -0.688. The van der Waals surface area contributed by atoms with Crippen molar-refractivity contribution in [1.29, 1.82) is 0 Å². The Morgan fingerprint density at radius 2 is 1.34 bits per heavy atom. The Bertz CT molecular complexity index is 1740. The maximum absolute atomic E-state index is 13.0. The molecule has 0 spiro atoms. The Labute approximate surface area is 271 Å². The van der Waals surface area contributed by atoms with Gasteiger partial charge in [-0.1, -0.05) is 48.5 Å². The van der Waals surface area contributed by atoms with Crippen LogP contribution in [0.3, 0.4) is 0 Å². The number of hydrogen-bond donors (Lipinski definition) is 1. The van der Waals surface area contributed by atoms with Crippen molar-refractivity contribution < 1.29 is 29.1 Å². The van der Waals surface area contributed by atoms with Crippen LogP contribution in [0.5, 0.6) is 0 Å². The molecular weight excluding hydrogens is 600 g/mol. The van der Waals surface area contributed by atoms with Crippen LogP contribution in [0.4, 0.5) is 17.1 Å². The number of amides is 2. The summed E-state index contributed by atoms with van der Waals surface area (Å²) in [6.07, 6.45) is -0.416. The van der Waals surface area contributed by atoms with E-state index in [0.717, 1.165) is 48.6 Å². The van der Waals surface area contributed by atoms with Crippen molar-refractivity contribution in [3.63, 3.8) is 0 Å². The lowest BCUT2D eigenvalue weighted by molar-refractivity contribution is -0.384. The van der Waals surface area contributed by atoms with Gasteiger partial charge in [-0.3, -0.25) is 24.6 Å². The fraction of sp³-hybridized carbons (Fsp3) is 0.278. The Kier molecular flexibility index (Phi) is 8.52. The second-order valence-electron chi connectivity index (χ2n) is 12.0. The first-order valence-corrected chi connectivity index (χ1v) is 15.7. The molecule has 3 heterocycles. The van der Waals surface area contributed by atoms with Gasteiger partial charge in [-0.05, 0) is 47.5 Å². The van der Waals surface area contributed by atoms with Gasteiger partial charge in [-0.2, -0.15) is 0 Å². The predicted octanol–water partition coefficient (Wildman–Crippen LogP) is 5.26. The van der Waals surface area contributed by atoms with E-state index in [-0.39, 0.29) is 41.2 Å². The largest absolute Gasteiger partial charge is 0.392 e. The third-order valence-corrected chi connectivity index (χ3v) is 9.09. The summed E-state index contributed by atoms with van der Waals surface area (Å²) in [7, 11) is 0. The molecule has 2 fully saturated rings. The molecular formula is C36H34N4O7. The standard InChI is InChI=1S/C36H34N4O7/c41-23-24-5-7-25(8-6-24)33-21-30(22-37-17-19-38(20-18-37)27-13-15-29(16-14-27)40(44)45)46-36(47-33)26-9-11-28(12-10-26)39-34(42)31-3-1-2-4-32(31)35(39)43/h1-16,30,33,36,41H,17-23H2/t30-,33+,36+/m1/s1. The number of hydrogen-bond acceptors (Lipinski definition) is 9. The third kappa shape index (κ3) is 6.26. The van der Waals surface area contributed by atoms with Crippen LogP contribution in [-0.4, -0.2) is 65.6 Å². The number of fused-ring (bicyclic) bond motifs is 1. The van der Waals surface area contributed by atoms with Crippen LogP contribution >= 0.6 is 0 Å². The highest BCUT2D eigenvalue weighted by molar-refractivity contribution is 6.34. The average Bonchev–Trinajstić information content (AvgIpc) is 3.37. The molecule has 3 aliphatic heterocycles. The molecule has 3 atom stereocenters. The van der Waals surface area contributed by atoms with E-state index in [2.05, 4.69) is 9.80 Å². The van der Waals surface area contributed by atoms with Crippen LogP contribution in [0, 0.1) is 10.1 Å². The molecule has 0 aliphatic carbocycles. The monoisotopic (exact) mass is 634 g/mol. The lowest BCUT2D eigenvalue weighted by atomic mass is 9.99. The highest BCUT2D eigenvalue weighted by atomic mass is 16.7. The molecule has 0 saturated carbocycles. The number of carbonyl (C=O) groups excluding carboxylic acids is 2. The number of aliphatic hydroxyl groups excluding tert-OH is 1. The van der Waals surface area contributed by atoms with Gasteiger partial charge in [0.2, 0.25) is 0 Å². The molecule has 240 valence electrons. The van der Waals surface area contributed by atoms with Gasteiger partial charge in [0, 0.05) is 62.5 Å². The molecule has 0 aromatic heterocycles. The highest BCUT2D eigenvalue weighted by Crippen LogP contribution is 2.39. The van der Waals surface area contributed by atoms with Gasteiger partial charge in [0.05, 0.1) is 40.6 Å². The number of non-ortho nitro benzene ring substituents is 1. The number of ether oxygens (including phenoxy) is 2. The van der Waals surface area contributed by atoms with Gasteiger partial charge < -0.3 is 19.5 Å². The maximum Gasteiger partial charge on any atom is 0.269 e. The molecule has 4 aromatic carbocycles. The molecule has 47 heavy (non-hydrogen) atoms. The molecule has 1 N–H and O–H groups in total. The van der Waals surface area contributed by atoms with Crippen molar-refractivity contribution in [2.75, 3.05) is 42.5 Å². The van der Waals surface area contributed by atoms with Gasteiger partial charge in [0.15, 0.2) is 6.29 Å². The number of nitro groups is 1. The van der Waals surface area contributed by atoms with Gasteiger partial charge in [0.25, 0.3) is 17.5 Å². The molecule has 3 aliphatic rings. The number of aliphatic hydroxyl groups is 1. The molecule has 7 rings (SSSR count). The third-order valence-electron chi connectivity index (χ3n) is 9.09. The van der Waals surface area contributed by atoms with E-state index >= 15 is 0 Å². The quantitative estimate of drug-likeness (QED) is 0.157. The smallest absolute Gasteiger partial charge is 0.269 e. The van der Waals surface area contributed by atoms with E-state index in [1.54, 1.807) is 48.5 Å². The maximum atomic E-state index is 13.0. The van der Waals surface area contributed by atoms with Gasteiger partial charge in [-0.15, -0.1) is 0 Å². The number of piperazine rings is 1. The van der Waals surface area contributed by atoms with Gasteiger partial charge in [0.1, 0.15) is 0 Å². The zero-order chi connectivity index (χ0) is 32.5. The van der Waals surface area contributed by atoms with E-state index in [9.17, 15) is 24.8 Å². The number of nitrogens with zero attached hydrogens (tertiary/aromatic N) is 4. The van der Waals surface area contributed by atoms with Crippen LogP contribution in [0.15, 0.2) is 97.1 Å².